The number of carboxylic acids is 1. The minimum Gasteiger partial charge on any atom is -0.478 e. The highest BCUT2D eigenvalue weighted by atomic mass is 19.3. The first kappa shape index (κ1) is 40.7. The maximum Gasteiger partial charge on any atom is 0.407 e. The highest BCUT2D eigenvalue weighted by Crippen LogP contribution is 2.25. The molecule has 0 radical (unpaired) electrons. The molecule has 3 rings (SSSR count). The smallest absolute Gasteiger partial charge is 0.407 e. The first-order valence-corrected chi connectivity index (χ1v) is 16.5. The van der Waals surface area contributed by atoms with Crippen molar-refractivity contribution in [3.8, 4) is 0 Å². The van der Waals surface area contributed by atoms with Crippen molar-refractivity contribution in [2.24, 2.45) is 11.8 Å². The summed E-state index contributed by atoms with van der Waals surface area (Å²) < 4.78 is 67.1. The van der Waals surface area contributed by atoms with E-state index < -0.39 is 109 Å². The molecule has 2 aromatic carbocycles. The molecule has 0 aliphatic carbocycles. The second-order valence-electron chi connectivity index (χ2n) is 13.0. The molecule has 4 N–H and O–H groups in total. The molecule has 2 aromatic rings. The lowest BCUT2D eigenvalue weighted by Crippen LogP contribution is -2.57. The summed E-state index contributed by atoms with van der Waals surface area (Å²) in [5, 5.41) is 16.1. The summed E-state index contributed by atoms with van der Waals surface area (Å²) in [7, 11) is 0. The van der Waals surface area contributed by atoms with Gasteiger partial charge in [0.05, 0.1) is 24.9 Å². The third-order valence-corrected chi connectivity index (χ3v) is 8.04. The predicted molar refractivity (Wildman–Crippen MR) is 176 cm³/mol. The number of amides is 4. The molecule has 12 nitrogen and oxygen atoms in total. The Hall–Kier alpha value is -4.73. The van der Waals surface area contributed by atoms with Crippen LogP contribution in [0, 0.1) is 23.5 Å². The molecular formula is C35H44F4N4O8. The van der Waals surface area contributed by atoms with Gasteiger partial charge in [0.1, 0.15) is 29.8 Å². The molecular weight excluding hydrogens is 680 g/mol. The van der Waals surface area contributed by atoms with Crippen molar-refractivity contribution < 1.29 is 56.1 Å². The summed E-state index contributed by atoms with van der Waals surface area (Å²) >= 11 is 0. The van der Waals surface area contributed by atoms with Gasteiger partial charge in [0.2, 0.25) is 24.1 Å². The van der Waals surface area contributed by atoms with Crippen LogP contribution in [0.25, 0.3) is 0 Å². The first-order chi connectivity index (χ1) is 24.1. The monoisotopic (exact) mass is 724 g/mol. The van der Waals surface area contributed by atoms with Crippen molar-refractivity contribution in [3.05, 3.63) is 70.8 Å². The average Bonchev–Trinajstić information content (AvgIpc) is 3.50. The second kappa shape index (κ2) is 19.0. The highest BCUT2D eigenvalue weighted by molar-refractivity contribution is 5.94. The number of nitrogens with zero attached hydrogens (tertiary/aromatic N) is 1. The zero-order valence-electron chi connectivity index (χ0n) is 28.8. The van der Waals surface area contributed by atoms with Crippen LogP contribution in [0.4, 0.5) is 22.4 Å². The number of alkyl halides is 2. The lowest BCUT2D eigenvalue weighted by Gasteiger charge is -2.31. The number of rotatable bonds is 17. The Bertz CT molecular complexity index is 1510. The van der Waals surface area contributed by atoms with E-state index in [1.165, 1.54) is 4.90 Å². The van der Waals surface area contributed by atoms with E-state index in [1.54, 1.807) is 13.8 Å². The number of hydrogen-bond donors (Lipinski definition) is 4. The fourth-order valence-electron chi connectivity index (χ4n) is 5.38. The third-order valence-electron chi connectivity index (χ3n) is 8.04. The number of likely N-dealkylation sites (tertiary alicyclic amines) is 1. The van der Waals surface area contributed by atoms with E-state index >= 15 is 0 Å². The number of alkyl carbamates (subject to hydrolysis) is 1. The number of benzene rings is 2. The van der Waals surface area contributed by atoms with Crippen molar-refractivity contribution in [1.29, 1.82) is 0 Å². The summed E-state index contributed by atoms with van der Waals surface area (Å²) in [6.45, 7) is 6.76. The van der Waals surface area contributed by atoms with E-state index in [0.29, 0.717) is 12.1 Å². The van der Waals surface area contributed by atoms with E-state index in [4.69, 9.17) is 14.6 Å². The topological polar surface area (TPSA) is 163 Å². The molecule has 4 amide bonds. The molecule has 280 valence electrons. The van der Waals surface area contributed by atoms with E-state index in [0.717, 1.165) is 5.56 Å². The molecule has 4 atom stereocenters. The van der Waals surface area contributed by atoms with Gasteiger partial charge in [-0.15, -0.1) is 0 Å². The fourth-order valence-corrected chi connectivity index (χ4v) is 5.38. The molecule has 16 heteroatoms. The quantitative estimate of drug-likeness (QED) is 0.178. The Morgan fingerprint density at radius 2 is 1.63 bits per heavy atom. The van der Waals surface area contributed by atoms with Gasteiger partial charge in [-0.3, -0.25) is 14.4 Å². The van der Waals surface area contributed by atoms with E-state index in [-0.39, 0.29) is 32.1 Å². The zero-order valence-corrected chi connectivity index (χ0v) is 28.8. The van der Waals surface area contributed by atoms with Crippen molar-refractivity contribution in [2.45, 2.75) is 84.2 Å². The molecule has 1 aliphatic heterocycles. The van der Waals surface area contributed by atoms with Crippen LogP contribution < -0.4 is 16.0 Å². The summed E-state index contributed by atoms with van der Waals surface area (Å²) in [5.41, 5.74) is -0.326. The molecule has 1 fully saturated rings. The third kappa shape index (κ3) is 12.2. The molecule has 0 aromatic heterocycles. The van der Waals surface area contributed by atoms with Gasteiger partial charge in [-0.25, -0.2) is 27.2 Å². The van der Waals surface area contributed by atoms with Crippen LogP contribution in [0.15, 0.2) is 42.5 Å². The van der Waals surface area contributed by atoms with Gasteiger partial charge in [-0.1, -0.05) is 58.0 Å². The number of carbonyl (C=O) groups excluding carboxylic acids is 4. The lowest BCUT2D eigenvalue weighted by atomic mass is 10.0. The van der Waals surface area contributed by atoms with Crippen LogP contribution >= 0.6 is 0 Å². The molecule has 0 unspecified atom stereocenters. The maximum absolute atomic E-state index is 14.4. The van der Waals surface area contributed by atoms with Gasteiger partial charge in [-0.05, 0) is 36.0 Å². The van der Waals surface area contributed by atoms with Gasteiger partial charge in [0.25, 0.3) is 0 Å². The predicted octanol–water partition coefficient (Wildman–Crippen LogP) is 4.05. The molecule has 0 saturated carbocycles. The summed E-state index contributed by atoms with van der Waals surface area (Å²) in [6, 6.07) is 6.12. The van der Waals surface area contributed by atoms with Gasteiger partial charge in [0.15, 0.2) is 0 Å². The van der Waals surface area contributed by atoms with Gasteiger partial charge < -0.3 is 35.4 Å². The summed E-state index contributed by atoms with van der Waals surface area (Å²) in [6.07, 6.45) is -6.17. The fraction of sp³-hybridized carbons (Fsp3) is 0.514. The highest BCUT2D eigenvalue weighted by Gasteiger charge is 2.44. The van der Waals surface area contributed by atoms with Crippen molar-refractivity contribution in [1.82, 2.24) is 20.9 Å². The van der Waals surface area contributed by atoms with Gasteiger partial charge >= 0.3 is 12.1 Å². The van der Waals surface area contributed by atoms with Crippen LogP contribution in [0.2, 0.25) is 0 Å². The van der Waals surface area contributed by atoms with Crippen molar-refractivity contribution >= 4 is 29.8 Å². The van der Waals surface area contributed by atoms with Crippen LogP contribution in [-0.2, 0) is 36.9 Å². The second-order valence-corrected chi connectivity index (χ2v) is 13.0. The number of carboxylic acid groups (broad SMARTS) is 1. The SMILES string of the molecule is CC(C)COC(=O)N[C@H](C(=O)N1C[C@@H](OCc2ccccc2)C[C@H]1C(=O)N[C@@H](CC(F)F)C(=O)NCCc1c(F)cc(C(=O)O)cc1F)C(C)C. The standard InChI is InChI=1S/C35H44F4N4O8/c1-19(2)17-51-35(49)42-30(20(3)4)33(46)43-16-23(50-18-21-8-6-5-7-9-21)14-28(43)32(45)41-27(15-29(38)39)31(44)40-11-10-24-25(36)12-22(34(47)48)13-26(24)37/h5-9,12-13,19-20,23,27-30H,10-11,14-18H2,1-4H3,(H,40,44)(H,41,45)(H,42,49)(H,47,48)/t23-,27-,28-,30-/m0/s1. The molecule has 1 heterocycles. The summed E-state index contributed by atoms with van der Waals surface area (Å²) in [4.78, 5) is 65.4. The molecule has 51 heavy (non-hydrogen) atoms. The Labute approximate surface area is 293 Å². The number of carbonyl (C=O) groups is 5. The van der Waals surface area contributed by atoms with Gasteiger partial charge in [-0.2, -0.15) is 0 Å². The zero-order chi connectivity index (χ0) is 37.8. The van der Waals surface area contributed by atoms with E-state index in [1.807, 2.05) is 44.2 Å². The molecule has 1 saturated heterocycles. The Kier molecular flexibility index (Phi) is 15.2. The van der Waals surface area contributed by atoms with Crippen LogP contribution in [0.3, 0.4) is 0 Å². The van der Waals surface area contributed by atoms with E-state index in [2.05, 4.69) is 16.0 Å². The van der Waals surface area contributed by atoms with E-state index in [9.17, 15) is 41.5 Å². The Morgan fingerprint density at radius 1 is 0.980 bits per heavy atom. The first-order valence-electron chi connectivity index (χ1n) is 16.5. The molecule has 0 spiro atoms. The molecule has 1 aliphatic rings. The number of hydrogen-bond acceptors (Lipinski definition) is 7. The lowest BCUT2D eigenvalue weighted by molar-refractivity contribution is -0.141. The normalized spacial score (nSPS) is 17.0. The van der Waals surface area contributed by atoms with Crippen molar-refractivity contribution in [3.63, 3.8) is 0 Å². The maximum atomic E-state index is 14.4. The molecule has 0 bridgehead atoms. The number of halogens is 4. The average molecular weight is 725 g/mol. The number of ether oxygens (including phenoxy) is 2. The van der Waals surface area contributed by atoms with Crippen molar-refractivity contribution in [2.75, 3.05) is 19.7 Å². The minimum absolute atomic E-state index is 0.0317. The minimum atomic E-state index is -3.05. The summed E-state index contributed by atoms with van der Waals surface area (Å²) in [5.74, 6) is -6.96. The van der Waals surface area contributed by atoms with Crippen LogP contribution in [0.5, 0.6) is 0 Å². The van der Waals surface area contributed by atoms with Gasteiger partial charge in [0, 0.05) is 31.5 Å². The number of aromatic carboxylic acids is 1. The van der Waals surface area contributed by atoms with Crippen LogP contribution in [0.1, 0.15) is 62.0 Å². The Morgan fingerprint density at radius 3 is 2.20 bits per heavy atom. The number of nitrogens with one attached hydrogen (secondary N) is 3. The van der Waals surface area contributed by atoms with Crippen LogP contribution in [-0.4, -0.2) is 90.1 Å². The largest absolute Gasteiger partial charge is 0.478 e. The Balaban J connectivity index is 1.77.